The second-order valence-electron chi connectivity index (χ2n) is 6.06. The van der Waals surface area contributed by atoms with Crippen molar-refractivity contribution < 1.29 is 23.8 Å². The second kappa shape index (κ2) is 6.32. The Bertz CT molecular complexity index is 880. The van der Waals surface area contributed by atoms with Crippen molar-refractivity contribution in [1.82, 2.24) is 0 Å². The fourth-order valence-electron chi connectivity index (χ4n) is 3.07. The van der Waals surface area contributed by atoms with Crippen molar-refractivity contribution in [2.45, 2.75) is 18.8 Å². The Labute approximate surface area is 153 Å². The molecule has 0 saturated heterocycles. The van der Waals surface area contributed by atoms with Crippen LogP contribution < -0.4 is 4.74 Å². The van der Waals surface area contributed by atoms with E-state index in [0.29, 0.717) is 23.1 Å². The van der Waals surface area contributed by atoms with Gasteiger partial charge in [0.2, 0.25) is 0 Å². The van der Waals surface area contributed by atoms with E-state index in [2.05, 4.69) is 0 Å². The van der Waals surface area contributed by atoms with Crippen molar-refractivity contribution in [1.29, 1.82) is 0 Å². The third-order valence-corrected chi connectivity index (χ3v) is 5.21. The first-order chi connectivity index (χ1) is 11.7. The molecule has 0 heterocycles. The van der Waals surface area contributed by atoms with Crippen molar-refractivity contribution in [3.63, 3.8) is 0 Å². The Kier molecular flexibility index (Phi) is 4.47. The van der Waals surface area contributed by atoms with E-state index in [1.807, 2.05) is 0 Å². The maximum absolute atomic E-state index is 13.2. The number of ketones is 1. The molecule has 0 aliphatic heterocycles. The minimum Gasteiger partial charge on any atom is -0.480 e. The van der Waals surface area contributed by atoms with Gasteiger partial charge in [-0.3, -0.25) is 4.79 Å². The molecule has 130 valence electrons. The first-order valence-corrected chi connectivity index (χ1v) is 8.16. The second-order valence-corrected chi connectivity index (χ2v) is 6.82. The number of aliphatic carboxylic acids is 1. The number of fused-ring (bicyclic) bond motifs is 1. The van der Waals surface area contributed by atoms with Crippen LogP contribution in [0.15, 0.2) is 30.3 Å². The molecule has 0 saturated carbocycles. The largest absolute Gasteiger partial charge is 0.480 e. The van der Waals surface area contributed by atoms with E-state index in [0.717, 1.165) is 0 Å². The summed E-state index contributed by atoms with van der Waals surface area (Å²) in [5, 5.41) is 8.77. The minimum absolute atomic E-state index is 0.00151. The van der Waals surface area contributed by atoms with Crippen molar-refractivity contribution >= 4 is 35.0 Å². The minimum atomic E-state index is -1.15. The van der Waals surface area contributed by atoms with Gasteiger partial charge in [0.1, 0.15) is 16.6 Å². The van der Waals surface area contributed by atoms with Crippen LogP contribution >= 0.6 is 23.2 Å². The summed E-state index contributed by atoms with van der Waals surface area (Å²) in [5.41, 5.74) is 0.664. The lowest BCUT2D eigenvalue weighted by molar-refractivity contribution is -0.139. The quantitative estimate of drug-likeness (QED) is 0.856. The van der Waals surface area contributed by atoms with E-state index < -0.39 is 18.0 Å². The SMILES string of the molecule is CC1(c2ccc(F)cc2)Cc2cc(OCC(=O)O)c(Cl)c(Cl)c2C1=O. The molecule has 0 spiro atoms. The van der Waals surface area contributed by atoms with Crippen molar-refractivity contribution in [2.24, 2.45) is 0 Å². The number of ether oxygens (including phenoxy) is 1. The van der Waals surface area contributed by atoms with Gasteiger partial charge in [0, 0.05) is 5.56 Å². The van der Waals surface area contributed by atoms with E-state index >= 15 is 0 Å². The van der Waals surface area contributed by atoms with Gasteiger partial charge >= 0.3 is 5.97 Å². The van der Waals surface area contributed by atoms with E-state index in [9.17, 15) is 14.0 Å². The van der Waals surface area contributed by atoms with Crippen LogP contribution in [0.2, 0.25) is 10.0 Å². The summed E-state index contributed by atoms with van der Waals surface area (Å²) in [6, 6.07) is 7.27. The lowest BCUT2D eigenvalue weighted by Gasteiger charge is -2.22. The van der Waals surface area contributed by atoms with Crippen LogP contribution in [0.5, 0.6) is 5.75 Å². The number of carbonyl (C=O) groups is 2. The Morgan fingerprint density at radius 1 is 1.28 bits per heavy atom. The molecule has 2 aromatic rings. The fraction of sp³-hybridized carbons (Fsp3) is 0.222. The summed E-state index contributed by atoms with van der Waals surface area (Å²) in [4.78, 5) is 23.7. The molecule has 0 amide bonds. The fourth-order valence-corrected chi connectivity index (χ4v) is 3.57. The standard InChI is InChI=1S/C18H13Cl2FO4/c1-18(10-2-4-11(21)5-3-10)7-9-6-12(25-8-13(22)23)15(19)16(20)14(9)17(18)24/h2-6H,7-8H2,1H3,(H,22,23). The third kappa shape index (κ3) is 2.98. The van der Waals surface area contributed by atoms with Gasteiger partial charge in [-0.25, -0.2) is 9.18 Å². The molecule has 1 aliphatic rings. The normalized spacial score (nSPS) is 19.0. The number of carboxylic acid groups (broad SMARTS) is 1. The van der Waals surface area contributed by atoms with E-state index in [4.69, 9.17) is 33.0 Å². The molecule has 4 nitrogen and oxygen atoms in total. The van der Waals surface area contributed by atoms with E-state index in [1.54, 1.807) is 25.1 Å². The maximum Gasteiger partial charge on any atom is 0.341 e. The van der Waals surface area contributed by atoms with Gasteiger partial charge in [-0.05, 0) is 42.7 Å². The molecule has 0 fully saturated rings. The predicted molar refractivity (Wildman–Crippen MR) is 91.4 cm³/mol. The van der Waals surface area contributed by atoms with Crippen LogP contribution in [-0.2, 0) is 16.6 Å². The first kappa shape index (κ1) is 17.7. The Morgan fingerprint density at radius 3 is 2.52 bits per heavy atom. The van der Waals surface area contributed by atoms with Gasteiger partial charge in [0.15, 0.2) is 12.4 Å². The highest BCUT2D eigenvalue weighted by atomic mass is 35.5. The molecule has 7 heteroatoms. The van der Waals surface area contributed by atoms with Gasteiger partial charge in [0.25, 0.3) is 0 Å². The monoisotopic (exact) mass is 382 g/mol. The number of hydrogen-bond donors (Lipinski definition) is 1. The molecule has 3 rings (SSSR count). The maximum atomic E-state index is 13.2. The van der Waals surface area contributed by atoms with Crippen LogP contribution in [0, 0.1) is 5.82 Å². The molecule has 1 aliphatic carbocycles. The zero-order valence-electron chi connectivity index (χ0n) is 13.1. The van der Waals surface area contributed by atoms with Crippen LogP contribution in [0.25, 0.3) is 0 Å². The van der Waals surface area contributed by atoms with Crippen molar-refractivity contribution in [3.8, 4) is 5.75 Å². The summed E-state index contributed by atoms with van der Waals surface area (Å²) in [7, 11) is 0. The van der Waals surface area contributed by atoms with Crippen molar-refractivity contribution in [3.05, 3.63) is 62.9 Å². The van der Waals surface area contributed by atoms with Crippen molar-refractivity contribution in [2.75, 3.05) is 6.61 Å². The molecule has 1 unspecified atom stereocenters. The summed E-state index contributed by atoms with van der Waals surface area (Å²) >= 11 is 12.4. The number of rotatable bonds is 4. The third-order valence-electron chi connectivity index (χ3n) is 4.36. The van der Waals surface area contributed by atoms with Crippen LogP contribution in [-0.4, -0.2) is 23.5 Å². The molecule has 0 aromatic heterocycles. The van der Waals surface area contributed by atoms with Crippen LogP contribution in [0.3, 0.4) is 0 Å². The number of benzene rings is 2. The van der Waals surface area contributed by atoms with Gasteiger partial charge < -0.3 is 9.84 Å². The highest BCUT2D eigenvalue weighted by Crippen LogP contribution is 2.47. The molecule has 25 heavy (non-hydrogen) atoms. The van der Waals surface area contributed by atoms with Crippen LogP contribution in [0.1, 0.15) is 28.4 Å². The molecule has 1 N–H and O–H groups in total. The molecule has 0 bridgehead atoms. The zero-order valence-corrected chi connectivity index (χ0v) is 14.6. The first-order valence-electron chi connectivity index (χ1n) is 7.40. The average molecular weight is 383 g/mol. The van der Waals surface area contributed by atoms with Gasteiger partial charge in [-0.15, -0.1) is 0 Å². The van der Waals surface area contributed by atoms with Crippen LogP contribution in [0.4, 0.5) is 4.39 Å². The number of halogens is 3. The molecular formula is C18H13Cl2FO4. The van der Waals surface area contributed by atoms with Gasteiger partial charge in [-0.2, -0.15) is 0 Å². The van der Waals surface area contributed by atoms with Gasteiger partial charge in [-0.1, -0.05) is 35.3 Å². The van der Waals surface area contributed by atoms with E-state index in [-0.39, 0.29) is 27.4 Å². The Morgan fingerprint density at radius 2 is 1.92 bits per heavy atom. The summed E-state index contributed by atoms with van der Waals surface area (Å²) in [6.07, 6.45) is 0.327. The molecule has 0 radical (unpaired) electrons. The molecular weight excluding hydrogens is 370 g/mol. The Balaban J connectivity index is 2.04. The highest BCUT2D eigenvalue weighted by Gasteiger charge is 2.45. The number of Topliss-reactive ketones (excluding diaryl/α,β-unsaturated/α-hetero) is 1. The number of hydrogen-bond acceptors (Lipinski definition) is 3. The van der Waals surface area contributed by atoms with Gasteiger partial charge in [0.05, 0.1) is 10.4 Å². The zero-order chi connectivity index (χ0) is 18.4. The smallest absolute Gasteiger partial charge is 0.341 e. The lowest BCUT2D eigenvalue weighted by Crippen LogP contribution is -2.29. The number of carbonyl (C=O) groups excluding carboxylic acids is 1. The Hall–Kier alpha value is -2.11. The van der Waals surface area contributed by atoms with E-state index in [1.165, 1.54) is 12.1 Å². The average Bonchev–Trinajstić information content (AvgIpc) is 2.82. The number of carboxylic acids is 1. The lowest BCUT2D eigenvalue weighted by atomic mass is 9.79. The topological polar surface area (TPSA) is 63.6 Å². The predicted octanol–water partition coefficient (Wildman–Crippen LogP) is 4.29. The highest BCUT2D eigenvalue weighted by molar-refractivity contribution is 6.45. The summed E-state index contributed by atoms with van der Waals surface area (Å²) in [5.74, 6) is -1.64. The molecule has 2 aromatic carbocycles. The summed E-state index contributed by atoms with van der Waals surface area (Å²) in [6.45, 7) is 1.18. The molecule has 1 atom stereocenters. The summed E-state index contributed by atoms with van der Waals surface area (Å²) < 4.78 is 18.3.